The lowest BCUT2D eigenvalue weighted by atomic mass is 9.71. The molecule has 3 aromatic rings. The molecule has 5 rings (SSSR count). The van der Waals surface area contributed by atoms with Crippen molar-refractivity contribution in [2.24, 2.45) is 5.92 Å². The van der Waals surface area contributed by atoms with Crippen LogP contribution in [0.2, 0.25) is 0 Å². The lowest BCUT2D eigenvalue weighted by Gasteiger charge is -2.36. The molecule has 1 saturated heterocycles. The third kappa shape index (κ3) is 2.37. The molecular weight excluding hydrogens is 376 g/mol. The second kappa shape index (κ2) is 7.06. The van der Waals surface area contributed by atoms with Gasteiger partial charge in [-0.3, -0.25) is 4.79 Å². The van der Waals surface area contributed by atoms with Gasteiger partial charge in [-0.05, 0) is 17.2 Å². The Labute approximate surface area is 175 Å². The molecule has 30 heavy (non-hydrogen) atoms. The molecule has 4 atom stereocenters. The van der Waals surface area contributed by atoms with Crippen molar-refractivity contribution >= 4 is 11.6 Å². The third-order valence-corrected chi connectivity index (χ3v) is 6.73. The fraction of sp³-hybridized carbons (Fsp3) is 0.240. The number of nitrogens with zero attached hydrogens (tertiary/aromatic N) is 2. The molecule has 0 radical (unpaired) electrons. The number of anilines is 1. The molecule has 152 valence electrons. The molecule has 1 fully saturated rings. The van der Waals surface area contributed by atoms with Crippen LogP contribution < -0.4 is 4.90 Å². The monoisotopic (exact) mass is 400 g/mol. The second-order valence-electron chi connectivity index (χ2n) is 8.08. The van der Waals surface area contributed by atoms with E-state index in [-0.39, 0.29) is 18.4 Å². The average Bonchev–Trinajstić information content (AvgIpc) is 3.20. The molecular formula is C25H24N2O3. The predicted molar refractivity (Wildman–Crippen MR) is 114 cm³/mol. The number of carbonyl (C=O) groups excluding carboxylic acids is 1. The summed E-state index contributed by atoms with van der Waals surface area (Å²) >= 11 is 0. The number of benzene rings is 3. The molecule has 0 saturated carbocycles. The summed E-state index contributed by atoms with van der Waals surface area (Å²) in [7, 11) is 1.75. The van der Waals surface area contributed by atoms with Crippen LogP contribution in [-0.2, 0) is 10.3 Å². The maximum absolute atomic E-state index is 13.9. The Morgan fingerprint density at radius 3 is 2.07 bits per heavy atom. The Hall–Kier alpha value is -2.99. The SMILES string of the molecule is CN1C(=O)[C@]2(c3ccccc31)[C@H](c1ccccc1)[C@@H](CO)[C@@H](c1ccccc1)N2O. The van der Waals surface area contributed by atoms with Crippen molar-refractivity contribution in [1.82, 2.24) is 5.06 Å². The van der Waals surface area contributed by atoms with E-state index in [9.17, 15) is 15.1 Å². The summed E-state index contributed by atoms with van der Waals surface area (Å²) < 4.78 is 0. The van der Waals surface area contributed by atoms with Crippen LogP contribution in [0, 0.1) is 5.92 Å². The van der Waals surface area contributed by atoms with Gasteiger partial charge < -0.3 is 15.2 Å². The van der Waals surface area contributed by atoms with Gasteiger partial charge in [0.25, 0.3) is 5.91 Å². The van der Waals surface area contributed by atoms with Gasteiger partial charge in [-0.2, -0.15) is 5.06 Å². The highest BCUT2D eigenvalue weighted by molar-refractivity contribution is 6.08. The number of aliphatic hydroxyl groups excluding tert-OH is 1. The highest BCUT2D eigenvalue weighted by atomic mass is 16.5. The standard InChI is InChI=1S/C25H24N2O3/c1-26-21-15-9-8-14-20(21)25(24(26)29)22(17-10-4-2-5-11-17)19(16-28)23(27(25)30)18-12-6-3-7-13-18/h2-15,19,22-23,28,30H,16H2,1H3/t19-,22-,23-,25+/m1/s1. The van der Waals surface area contributed by atoms with Gasteiger partial charge in [-0.25, -0.2) is 0 Å². The van der Waals surface area contributed by atoms with E-state index >= 15 is 0 Å². The Morgan fingerprint density at radius 1 is 0.867 bits per heavy atom. The maximum Gasteiger partial charge on any atom is 0.254 e. The summed E-state index contributed by atoms with van der Waals surface area (Å²) in [5, 5.41) is 23.5. The summed E-state index contributed by atoms with van der Waals surface area (Å²) in [6.45, 7) is -0.156. The van der Waals surface area contributed by atoms with Crippen molar-refractivity contribution in [3.8, 4) is 0 Å². The van der Waals surface area contributed by atoms with Gasteiger partial charge in [0.05, 0.1) is 6.04 Å². The smallest absolute Gasteiger partial charge is 0.254 e. The summed E-state index contributed by atoms with van der Waals surface area (Å²) in [5.41, 5.74) is 2.04. The molecule has 5 nitrogen and oxygen atoms in total. The Morgan fingerprint density at radius 2 is 1.43 bits per heavy atom. The highest BCUT2D eigenvalue weighted by Gasteiger charge is 2.68. The number of rotatable bonds is 3. The Balaban J connectivity index is 1.81. The number of hydrogen-bond acceptors (Lipinski definition) is 4. The molecule has 2 heterocycles. The summed E-state index contributed by atoms with van der Waals surface area (Å²) in [5.74, 6) is -0.974. The first-order valence-electron chi connectivity index (χ1n) is 10.2. The largest absolute Gasteiger partial charge is 0.396 e. The number of likely N-dealkylation sites (N-methyl/N-ethyl adjacent to an activating group) is 1. The van der Waals surface area contributed by atoms with Crippen molar-refractivity contribution < 1.29 is 15.1 Å². The van der Waals surface area contributed by atoms with E-state index in [0.717, 1.165) is 22.4 Å². The fourth-order valence-corrected chi connectivity index (χ4v) is 5.52. The number of carbonyl (C=O) groups is 1. The molecule has 3 aromatic carbocycles. The number of para-hydroxylation sites is 1. The average molecular weight is 400 g/mol. The molecule has 1 spiro atoms. The summed E-state index contributed by atoms with van der Waals surface area (Å²) in [6, 6.07) is 26.5. The first-order valence-corrected chi connectivity index (χ1v) is 10.2. The van der Waals surface area contributed by atoms with Gasteiger partial charge in [0.15, 0.2) is 5.54 Å². The minimum Gasteiger partial charge on any atom is -0.396 e. The second-order valence-corrected chi connectivity index (χ2v) is 8.08. The molecule has 2 N–H and O–H groups in total. The summed E-state index contributed by atoms with van der Waals surface area (Å²) in [4.78, 5) is 15.5. The van der Waals surface area contributed by atoms with Crippen molar-refractivity contribution in [3.63, 3.8) is 0 Å². The van der Waals surface area contributed by atoms with Crippen LogP contribution in [0.3, 0.4) is 0 Å². The Kier molecular flexibility index (Phi) is 4.47. The lowest BCUT2D eigenvalue weighted by Crippen LogP contribution is -2.50. The normalized spacial score (nSPS) is 28.3. The Bertz CT molecular complexity index is 1070. The van der Waals surface area contributed by atoms with Crippen LogP contribution in [0.25, 0.3) is 0 Å². The van der Waals surface area contributed by atoms with Gasteiger partial charge in [0.2, 0.25) is 0 Å². The van der Waals surface area contributed by atoms with E-state index in [1.54, 1.807) is 11.9 Å². The zero-order valence-electron chi connectivity index (χ0n) is 16.7. The number of hydrogen-bond donors (Lipinski definition) is 2. The van der Waals surface area contributed by atoms with Crippen molar-refractivity contribution in [1.29, 1.82) is 0 Å². The van der Waals surface area contributed by atoms with Crippen LogP contribution in [0.4, 0.5) is 5.69 Å². The number of amides is 1. The number of fused-ring (bicyclic) bond motifs is 2. The van der Waals surface area contributed by atoms with Crippen molar-refractivity contribution in [2.45, 2.75) is 17.5 Å². The van der Waals surface area contributed by atoms with Crippen LogP contribution >= 0.6 is 0 Å². The molecule has 0 aliphatic carbocycles. The number of hydroxylamine groups is 2. The van der Waals surface area contributed by atoms with E-state index < -0.39 is 17.5 Å². The topological polar surface area (TPSA) is 64.0 Å². The van der Waals surface area contributed by atoms with Gasteiger partial charge >= 0.3 is 0 Å². The quantitative estimate of drug-likeness (QED) is 0.704. The number of aliphatic hydroxyl groups is 1. The van der Waals surface area contributed by atoms with Gasteiger partial charge in [-0.1, -0.05) is 78.9 Å². The van der Waals surface area contributed by atoms with Crippen LogP contribution in [0.5, 0.6) is 0 Å². The highest BCUT2D eigenvalue weighted by Crippen LogP contribution is 2.62. The van der Waals surface area contributed by atoms with E-state index in [1.165, 1.54) is 5.06 Å². The van der Waals surface area contributed by atoms with Gasteiger partial charge in [0.1, 0.15) is 0 Å². The third-order valence-electron chi connectivity index (χ3n) is 6.73. The first kappa shape index (κ1) is 19.0. The zero-order valence-corrected chi connectivity index (χ0v) is 16.7. The molecule has 0 unspecified atom stereocenters. The molecule has 2 aliphatic heterocycles. The fourth-order valence-electron chi connectivity index (χ4n) is 5.52. The summed E-state index contributed by atoms with van der Waals surface area (Å²) in [6.07, 6.45) is 0. The van der Waals surface area contributed by atoms with E-state index in [1.807, 2.05) is 84.9 Å². The molecule has 0 bridgehead atoms. The van der Waals surface area contributed by atoms with Gasteiger partial charge in [0, 0.05) is 36.7 Å². The van der Waals surface area contributed by atoms with Crippen LogP contribution in [0.15, 0.2) is 84.9 Å². The van der Waals surface area contributed by atoms with Crippen molar-refractivity contribution in [3.05, 3.63) is 102 Å². The van der Waals surface area contributed by atoms with E-state index in [2.05, 4.69) is 0 Å². The predicted octanol–water partition coefficient (Wildman–Crippen LogP) is 3.70. The van der Waals surface area contributed by atoms with E-state index in [4.69, 9.17) is 0 Å². The van der Waals surface area contributed by atoms with Crippen LogP contribution in [-0.4, -0.2) is 34.9 Å². The van der Waals surface area contributed by atoms with Crippen molar-refractivity contribution in [2.75, 3.05) is 18.6 Å². The zero-order chi connectivity index (χ0) is 20.9. The molecule has 0 aromatic heterocycles. The lowest BCUT2D eigenvalue weighted by molar-refractivity contribution is -0.189. The van der Waals surface area contributed by atoms with Crippen LogP contribution in [0.1, 0.15) is 28.7 Å². The van der Waals surface area contributed by atoms with Gasteiger partial charge in [-0.15, -0.1) is 0 Å². The maximum atomic E-state index is 13.9. The van der Waals surface area contributed by atoms with E-state index in [0.29, 0.717) is 0 Å². The minimum atomic E-state index is -1.30. The molecule has 2 aliphatic rings. The molecule has 5 heteroatoms. The minimum absolute atomic E-state index is 0.156. The first-order chi connectivity index (χ1) is 14.6. The molecule has 1 amide bonds.